The van der Waals surface area contributed by atoms with Crippen LogP contribution in [0.25, 0.3) is 0 Å². The molecule has 1 aromatic heterocycles. The molecule has 1 heterocycles. The third kappa shape index (κ3) is 7.10. The van der Waals surface area contributed by atoms with E-state index >= 15 is 0 Å². The molecular formula is C23H24ClN5O3S. The van der Waals surface area contributed by atoms with E-state index in [1.807, 2.05) is 4.57 Å². The van der Waals surface area contributed by atoms with Gasteiger partial charge in [0, 0.05) is 35.8 Å². The molecular weight excluding hydrogens is 462 g/mol. The van der Waals surface area contributed by atoms with Gasteiger partial charge in [-0.25, -0.2) is 0 Å². The van der Waals surface area contributed by atoms with E-state index in [9.17, 15) is 9.59 Å². The van der Waals surface area contributed by atoms with Crippen LogP contribution < -0.4 is 15.4 Å². The van der Waals surface area contributed by atoms with Gasteiger partial charge in [-0.1, -0.05) is 35.5 Å². The average Bonchev–Trinajstić information content (AvgIpc) is 3.19. The van der Waals surface area contributed by atoms with Crippen molar-refractivity contribution in [1.29, 1.82) is 0 Å². The summed E-state index contributed by atoms with van der Waals surface area (Å²) in [6.45, 7) is 4.66. The van der Waals surface area contributed by atoms with Crippen molar-refractivity contribution in [2.24, 2.45) is 0 Å². The lowest BCUT2D eigenvalue weighted by atomic mass is 10.2. The lowest BCUT2D eigenvalue weighted by Gasteiger charge is -2.09. The minimum atomic E-state index is -0.181. The molecule has 0 atom stereocenters. The first kappa shape index (κ1) is 24.3. The molecule has 10 heteroatoms. The average molecular weight is 486 g/mol. The van der Waals surface area contributed by atoms with Crippen molar-refractivity contribution in [3.8, 4) is 5.75 Å². The van der Waals surface area contributed by atoms with Gasteiger partial charge in [0.05, 0.1) is 12.9 Å². The summed E-state index contributed by atoms with van der Waals surface area (Å²) >= 11 is 7.23. The fourth-order valence-corrected chi connectivity index (χ4v) is 3.91. The smallest absolute Gasteiger partial charge is 0.251 e. The number of allylic oxidation sites excluding steroid dienone is 1. The summed E-state index contributed by atoms with van der Waals surface area (Å²) < 4.78 is 6.98. The van der Waals surface area contributed by atoms with Crippen LogP contribution in [0.1, 0.15) is 16.2 Å². The number of anilines is 1. The molecule has 0 aliphatic heterocycles. The summed E-state index contributed by atoms with van der Waals surface area (Å²) in [6.07, 6.45) is 2.22. The Labute approximate surface area is 201 Å². The van der Waals surface area contributed by atoms with Crippen LogP contribution in [0.15, 0.2) is 66.3 Å². The van der Waals surface area contributed by atoms with Crippen LogP contribution in [0.4, 0.5) is 5.69 Å². The van der Waals surface area contributed by atoms with Crippen molar-refractivity contribution in [3.63, 3.8) is 0 Å². The van der Waals surface area contributed by atoms with Gasteiger partial charge in [0.1, 0.15) is 11.6 Å². The lowest BCUT2D eigenvalue weighted by Crippen LogP contribution is -2.26. The van der Waals surface area contributed by atoms with Crippen molar-refractivity contribution in [3.05, 3.63) is 77.6 Å². The van der Waals surface area contributed by atoms with Crippen molar-refractivity contribution in [2.45, 2.75) is 18.1 Å². The van der Waals surface area contributed by atoms with Crippen LogP contribution in [-0.2, 0) is 17.8 Å². The van der Waals surface area contributed by atoms with E-state index in [1.54, 1.807) is 61.7 Å². The maximum atomic E-state index is 12.3. The highest BCUT2D eigenvalue weighted by Crippen LogP contribution is 2.19. The van der Waals surface area contributed by atoms with E-state index in [-0.39, 0.29) is 17.6 Å². The second kappa shape index (κ2) is 12.1. The second-order valence-electron chi connectivity index (χ2n) is 6.88. The number of nitrogens with one attached hydrogen (secondary N) is 2. The van der Waals surface area contributed by atoms with Crippen molar-refractivity contribution < 1.29 is 14.3 Å². The number of carbonyl (C=O) groups is 2. The predicted octanol–water partition coefficient (Wildman–Crippen LogP) is 3.83. The monoisotopic (exact) mass is 485 g/mol. The summed E-state index contributed by atoms with van der Waals surface area (Å²) in [5.41, 5.74) is 1.18. The van der Waals surface area contributed by atoms with Crippen molar-refractivity contribution in [1.82, 2.24) is 20.1 Å². The van der Waals surface area contributed by atoms with E-state index in [0.717, 1.165) is 0 Å². The maximum absolute atomic E-state index is 12.3. The fourth-order valence-electron chi connectivity index (χ4n) is 2.95. The molecule has 0 bridgehead atoms. The summed E-state index contributed by atoms with van der Waals surface area (Å²) in [7, 11) is 1.58. The zero-order valence-electron chi connectivity index (χ0n) is 18.1. The van der Waals surface area contributed by atoms with Gasteiger partial charge < -0.3 is 19.9 Å². The van der Waals surface area contributed by atoms with Gasteiger partial charge in [0.2, 0.25) is 5.91 Å². The van der Waals surface area contributed by atoms with Gasteiger partial charge >= 0.3 is 0 Å². The molecule has 172 valence electrons. The number of methoxy groups -OCH3 is 1. The Morgan fingerprint density at radius 1 is 1.21 bits per heavy atom. The Kier molecular flexibility index (Phi) is 8.91. The van der Waals surface area contributed by atoms with E-state index < -0.39 is 0 Å². The molecule has 2 aromatic carbocycles. The zero-order chi connectivity index (χ0) is 23.6. The largest absolute Gasteiger partial charge is 0.497 e. The predicted molar refractivity (Wildman–Crippen MR) is 130 cm³/mol. The van der Waals surface area contributed by atoms with Gasteiger partial charge in [-0.15, -0.1) is 16.8 Å². The molecule has 33 heavy (non-hydrogen) atoms. The number of benzene rings is 2. The summed E-state index contributed by atoms with van der Waals surface area (Å²) in [5.74, 6) is 1.19. The number of thioether (sulfide) groups is 1. The van der Waals surface area contributed by atoms with E-state index in [1.165, 1.54) is 11.8 Å². The summed E-state index contributed by atoms with van der Waals surface area (Å²) in [6, 6.07) is 13.9. The zero-order valence-corrected chi connectivity index (χ0v) is 19.7. The quantitative estimate of drug-likeness (QED) is 0.316. The topological polar surface area (TPSA) is 98.1 Å². The molecule has 2 amide bonds. The first-order valence-electron chi connectivity index (χ1n) is 10.1. The number of hydrogen-bond acceptors (Lipinski definition) is 6. The lowest BCUT2D eigenvalue weighted by molar-refractivity contribution is -0.113. The molecule has 0 spiro atoms. The molecule has 0 saturated heterocycles. The molecule has 0 fully saturated rings. The van der Waals surface area contributed by atoms with Crippen molar-refractivity contribution in [2.75, 3.05) is 24.7 Å². The highest BCUT2D eigenvalue weighted by molar-refractivity contribution is 7.99. The molecule has 8 nitrogen and oxygen atoms in total. The highest BCUT2D eigenvalue weighted by Gasteiger charge is 2.14. The molecule has 3 rings (SSSR count). The first-order chi connectivity index (χ1) is 16.0. The van der Waals surface area contributed by atoms with E-state index in [4.69, 9.17) is 16.3 Å². The van der Waals surface area contributed by atoms with E-state index in [0.29, 0.717) is 52.5 Å². The van der Waals surface area contributed by atoms with Crippen LogP contribution in [0.3, 0.4) is 0 Å². The summed E-state index contributed by atoms with van der Waals surface area (Å²) in [5, 5.41) is 15.3. The molecule has 0 aliphatic carbocycles. The Morgan fingerprint density at radius 3 is 2.70 bits per heavy atom. The highest BCUT2D eigenvalue weighted by atomic mass is 35.5. The normalized spacial score (nSPS) is 10.5. The SMILES string of the molecule is C=CCn1c(CCNC(=O)c2ccc(OC)cc2)nnc1SCC(=O)Nc1cccc(Cl)c1. The molecule has 0 saturated carbocycles. The second-order valence-corrected chi connectivity index (χ2v) is 8.26. The Bertz CT molecular complexity index is 1120. The number of ether oxygens (including phenoxy) is 1. The van der Waals surface area contributed by atoms with Gasteiger partial charge in [-0.2, -0.15) is 0 Å². The van der Waals surface area contributed by atoms with Crippen LogP contribution in [0.2, 0.25) is 5.02 Å². The van der Waals surface area contributed by atoms with Gasteiger partial charge in [-0.05, 0) is 42.5 Å². The fraction of sp³-hybridized carbons (Fsp3) is 0.217. The third-order valence-electron chi connectivity index (χ3n) is 4.53. The minimum Gasteiger partial charge on any atom is -0.497 e. The summed E-state index contributed by atoms with van der Waals surface area (Å²) in [4.78, 5) is 24.6. The molecule has 0 aliphatic rings. The van der Waals surface area contributed by atoms with Gasteiger partial charge in [-0.3, -0.25) is 9.59 Å². The van der Waals surface area contributed by atoms with Crippen LogP contribution in [0, 0.1) is 0 Å². The molecule has 2 N–H and O–H groups in total. The number of nitrogens with zero attached hydrogens (tertiary/aromatic N) is 3. The standard InChI is InChI=1S/C23H24ClN5O3S/c1-3-13-29-20(11-12-25-22(31)16-7-9-19(32-2)10-8-16)27-28-23(29)33-15-21(30)26-18-6-4-5-17(24)14-18/h3-10,14H,1,11-13,15H2,2H3,(H,25,31)(H,26,30). The number of aromatic nitrogens is 3. The Hall–Kier alpha value is -3.30. The third-order valence-corrected chi connectivity index (χ3v) is 5.73. The Morgan fingerprint density at radius 2 is 2.00 bits per heavy atom. The Balaban J connectivity index is 1.54. The maximum Gasteiger partial charge on any atom is 0.251 e. The molecule has 0 radical (unpaired) electrons. The van der Waals surface area contributed by atoms with Crippen LogP contribution in [0.5, 0.6) is 5.75 Å². The molecule has 0 unspecified atom stereocenters. The number of amides is 2. The van der Waals surface area contributed by atoms with Crippen LogP contribution >= 0.6 is 23.4 Å². The van der Waals surface area contributed by atoms with E-state index in [2.05, 4.69) is 27.4 Å². The number of halogens is 1. The van der Waals surface area contributed by atoms with Crippen molar-refractivity contribution >= 4 is 40.9 Å². The first-order valence-corrected chi connectivity index (χ1v) is 11.5. The van der Waals surface area contributed by atoms with Gasteiger partial charge in [0.25, 0.3) is 5.91 Å². The number of hydrogen-bond donors (Lipinski definition) is 2. The van der Waals surface area contributed by atoms with Crippen LogP contribution in [-0.4, -0.2) is 46.0 Å². The number of rotatable bonds is 11. The number of carbonyl (C=O) groups excluding carboxylic acids is 2. The minimum absolute atomic E-state index is 0.163. The van der Waals surface area contributed by atoms with Gasteiger partial charge in [0.15, 0.2) is 5.16 Å². The molecule has 3 aromatic rings.